The van der Waals surface area contributed by atoms with Crippen LogP contribution in [0.1, 0.15) is 21.5 Å². The number of hydrogen-bond donors (Lipinski definition) is 0. The SMILES string of the molecule is COC(=O)c1ccc2c(c1)CN(S(=O)[O-])CC2.[Y]. The summed E-state index contributed by atoms with van der Waals surface area (Å²) in [5, 5.41) is 0. The van der Waals surface area contributed by atoms with Crippen molar-refractivity contribution in [2.75, 3.05) is 13.7 Å². The third-order valence-electron chi connectivity index (χ3n) is 2.82. The molecule has 0 bridgehead atoms. The maximum absolute atomic E-state index is 11.4. The molecule has 5 nitrogen and oxygen atoms in total. The fourth-order valence-electron chi connectivity index (χ4n) is 1.90. The summed E-state index contributed by atoms with van der Waals surface area (Å²) < 4.78 is 27.7. The summed E-state index contributed by atoms with van der Waals surface area (Å²) >= 11 is -2.21. The first kappa shape index (κ1) is 15.9. The topological polar surface area (TPSA) is 69.7 Å². The van der Waals surface area contributed by atoms with Crippen LogP contribution >= 0.6 is 0 Å². The zero-order valence-corrected chi connectivity index (χ0v) is 13.6. The Morgan fingerprint density at radius 1 is 1.44 bits per heavy atom. The van der Waals surface area contributed by atoms with Crippen LogP contribution in [0.5, 0.6) is 0 Å². The molecule has 0 N–H and O–H groups in total. The van der Waals surface area contributed by atoms with Gasteiger partial charge in [-0.1, -0.05) is 6.07 Å². The van der Waals surface area contributed by atoms with Crippen LogP contribution in [0, 0.1) is 0 Å². The monoisotopic (exact) mass is 343 g/mol. The number of ether oxygens (including phenoxy) is 1. The number of hydrogen-bond acceptors (Lipinski definition) is 4. The average Bonchev–Trinajstić information content (AvgIpc) is 2.36. The molecule has 0 spiro atoms. The van der Waals surface area contributed by atoms with Crippen LogP contribution in [-0.4, -0.2) is 32.7 Å². The van der Waals surface area contributed by atoms with Crippen molar-refractivity contribution < 1.29 is 51.0 Å². The van der Waals surface area contributed by atoms with E-state index in [1.165, 1.54) is 11.4 Å². The number of rotatable bonds is 2. The molecule has 0 amide bonds. The Hall–Kier alpha value is -0.136. The Kier molecular flexibility index (Phi) is 6.07. The summed E-state index contributed by atoms with van der Waals surface area (Å²) in [6, 6.07) is 5.25. The zero-order valence-electron chi connectivity index (χ0n) is 9.92. The molecular weight excluding hydrogens is 331 g/mol. The number of esters is 1. The summed E-state index contributed by atoms with van der Waals surface area (Å²) in [4.78, 5) is 11.4. The first-order valence-electron chi connectivity index (χ1n) is 5.16. The predicted molar refractivity (Wildman–Crippen MR) is 60.8 cm³/mol. The number of carbonyl (C=O) groups is 1. The van der Waals surface area contributed by atoms with E-state index in [1.807, 2.05) is 6.07 Å². The maximum Gasteiger partial charge on any atom is 0.337 e. The number of fused-ring (bicyclic) bond motifs is 1. The smallest absolute Gasteiger partial charge is 0.337 e. The molecule has 1 aromatic rings. The molecule has 1 aliphatic rings. The van der Waals surface area contributed by atoms with Crippen LogP contribution in [0.2, 0.25) is 0 Å². The van der Waals surface area contributed by atoms with Crippen LogP contribution in [0.3, 0.4) is 0 Å². The van der Waals surface area contributed by atoms with E-state index in [4.69, 9.17) is 0 Å². The van der Waals surface area contributed by atoms with Gasteiger partial charge < -0.3 is 9.29 Å². The van der Waals surface area contributed by atoms with Crippen molar-refractivity contribution in [2.45, 2.75) is 13.0 Å². The number of methoxy groups -OCH3 is 1. The van der Waals surface area contributed by atoms with Gasteiger partial charge in [-0.25, -0.2) is 9.10 Å². The fourth-order valence-corrected chi connectivity index (χ4v) is 2.39. The first-order chi connectivity index (χ1) is 8.11. The van der Waals surface area contributed by atoms with Gasteiger partial charge >= 0.3 is 5.97 Å². The van der Waals surface area contributed by atoms with Crippen LogP contribution in [-0.2, 0) is 61.7 Å². The molecule has 1 aliphatic heterocycles. The molecule has 18 heavy (non-hydrogen) atoms. The molecule has 2 rings (SSSR count). The molecule has 7 heteroatoms. The average molecular weight is 343 g/mol. The van der Waals surface area contributed by atoms with E-state index in [0.29, 0.717) is 25.1 Å². The predicted octanol–water partition coefficient (Wildman–Crippen LogP) is 0.623. The molecule has 1 heterocycles. The second-order valence-electron chi connectivity index (χ2n) is 3.81. The molecule has 1 radical (unpaired) electrons. The summed E-state index contributed by atoms with van der Waals surface area (Å²) in [6.45, 7) is 0.803. The van der Waals surface area contributed by atoms with Gasteiger partial charge in [-0.3, -0.25) is 4.21 Å². The van der Waals surface area contributed by atoms with Gasteiger partial charge in [0.05, 0.1) is 12.7 Å². The summed E-state index contributed by atoms with van der Waals surface area (Å²) in [6.07, 6.45) is 0.671. The standard InChI is InChI=1S/C11H13NO4S.Y/c1-16-11(13)9-3-2-8-4-5-12(17(14)15)7-10(8)6-9;/h2-3,6H,4-5,7H2,1H3,(H,14,15);/p-1. The van der Waals surface area contributed by atoms with Crippen molar-refractivity contribution in [2.24, 2.45) is 0 Å². The van der Waals surface area contributed by atoms with E-state index in [0.717, 1.165) is 11.1 Å². The van der Waals surface area contributed by atoms with Gasteiger partial charge in [0.2, 0.25) is 0 Å². The van der Waals surface area contributed by atoms with Gasteiger partial charge in [-0.05, 0) is 29.7 Å². The molecule has 1 unspecified atom stereocenters. The minimum Gasteiger partial charge on any atom is -0.760 e. The maximum atomic E-state index is 11.4. The summed E-state index contributed by atoms with van der Waals surface area (Å²) in [5.41, 5.74) is 2.40. The van der Waals surface area contributed by atoms with Gasteiger partial charge in [0, 0.05) is 57.1 Å². The van der Waals surface area contributed by atoms with Crippen LogP contribution < -0.4 is 0 Å². The normalized spacial score (nSPS) is 16.3. The minimum atomic E-state index is -2.21. The summed E-state index contributed by atoms with van der Waals surface area (Å²) in [5.74, 6) is -0.409. The van der Waals surface area contributed by atoms with E-state index >= 15 is 0 Å². The quantitative estimate of drug-likeness (QED) is 0.583. The Morgan fingerprint density at radius 2 is 2.17 bits per heavy atom. The van der Waals surface area contributed by atoms with E-state index in [1.54, 1.807) is 12.1 Å². The van der Waals surface area contributed by atoms with E-state index in [2.05, 4.69) is 4.74 Å². The number of benzene rings is 1. The molecule has 1 aromatic carbocycles. The van der Waals surface area contributed by atoms with Crippen LogP contribution in [0.25, 0.3) is 0 Å². The van der Waals surface area contributed by atoms with Gasteiger partial charge in [0.1, 0.15) is 0 Å². The zero-order chi connectivity index (χ0) is 12.4. The van der Waals surface area contributed by atoms with Gasteiger partial charge in [-0.2, -0.15) is 0 Å². The minimum absolute atomic E-state index is 0. The van der Waals surface area contributed by atoms with Crippen molar-refractivity contribution in [3.8, 4) is 0 Å². The van der Waals surface area contributed by atoms with E-state index in [9.17, 15) is 13.6 Å². The van der Waals surface area contributed by atoms with E-state index < -0.39 is 17.2 Å². The van der Waals surface area contributed by atoms with Gasteiger partial charge in [-0.15, -0.1) is 0 Å². The van der Waals surface area contributed by atoms with Crippen molar-refractivity contribution in [1.29, 1.82) is 0 Å². The number of carbonyl (C=O) groups excluding carboxylic acids is 1. The number of nitrogens with zero attached hydrogens (tertiary/aromatic N) is 1. The molecule has 1 atom stereocenters. The molecule has 0 aromatic heterocycles. The Balaban J connectivity index is 0.00000162. The molecule has 0 saturated carbocycles. The van der Waals surface area contributed by atoms with Crippen molar-refractivity contribution in [1.82, 2.24) is 4.31 Å². The second kappa shape index (κ2) is 6.86. The fraction of sp³-hybridized carbons (Fsp3) is 0.364. The molecular formula is C11H12NO4SY-. The Labute approximate surface area is 133 Å². The molecule has 95 valence electrons. The van der Waals surface area contributed by atoms with Crippen molar-refractivity contribution >= 4 is 17.2 Å². The van der Waals surface area contributed by atoms with Gasteiger partial charge in [0.15, 0.2) is 0 Å². The van der Waals surface area contributed by atoms with E-state index in [-0.39, 0.29) is 32.7 Å². The first-order valence-corrected chi connectivity index (χ1v) is 6.19. The third-order valence-corrected chi connectivity index (χ3v) is 3.55. The van der Waals surface area contributed by atoms with Crippen molar-refractivity contribution in [3.63, 3.8) is 0 Å². The Morgan fingerprint density at radius 3 is 2.78 bits per heavy atom. The molecule has 0 fully saturated rings. The summed E-state index contributed by atoms with van der Waals surface area (Å²) in [7, 11) is 1.32. The van der Waals surface area contributed by atoms with Crippen LogP contribution in [0.15, 0.2) is 18.2 Å². The van der Waals surface area contributed by atoms with Crippen LogP contribution in [0.4, 0.5) is 0 Å². The Bertz CT molecular complexity index is 480. The van der Waals surface area contributed by atoms with Gasteiger partial charge in [0.25, 0.3) is 0 Å². The second-order valence-corrected chi connectivity index (χ2v) is 4.76. The third kappa shape index (κ3) is 3.45. The largest absolute Gasteiger partial charge is 0.760 e. The van der Waals surface area contributed by atoms with Crippen molar-refractivity contribution in [3.05, 3.63) is 34.9 Å². The molecule has 0 saturated heterocycles. The molecule has 0 aliphatic carbocycles.